The van der Waals surface area contributed by atoms with Crippen LogP contribution in [-0.4, -0.2) is 13.9 Å². The molecule has 2 bridgehead atoms. The van der Waals surface area contributed by atoms with Gasteiger partial charge in [0.15, 0.2) is 0 Å². The van der Waals surface area contributed by atoms with Gasteiger partial charge in [-0.1, -0.05) is 60.6 Å². The highest BCUT2D eigenvalue weighted by molar-refractivity contribution is 6.87. The van der Waals surface area contributed by atoms with Gasteiger partial charge in [0, 0.05) is 11.5 Å². The van der Waals surface area contributed by atoms with E-state index in [1.54, 1.807) is 0 Å². The maximum Gasteiger partial charge on any atom is 0.137 e. The van der Waals surface area contributed by atoms with E-state index in [1.165, 1.54) is 6.42 Å². The average molecular weight is 319 g/mol. The molecule has 2 fully saturated rings. The molecule has 0 radical (unpaired) electrons. The molecule has 0 heterocycles. The molecule has 0 aliphatic heterocycles. The van der Waals surface area contributed by atoms with Crippen molar-refractivity contribution < 1.29 is 4.79 Å². The fraction of sp³-hybridized carbons (Fsp3) is 0.850. The molecular weight excluding hydrogens is 284 g/mol. The smallest absolute Gasteiger partial charge is 0.137 e. The third-order valence-electron chi connectivity index (χ3n) is 7.83. The normalized spacial score (nSPS) is 40.5. The van der Waals surface area contributed by atoms with Crippen molar-refractivity contribution >= 4 is 13.9 Å². The second-order valence-electron chi connectivity index (χ2n) is 9.25. The molecule has 3 aliphatic carbocycles. The van der Waals surface area contributed by atoms with Crippen molar-refractivity contribution in [1.82, 2.24) is 0 Å². The van der Waals surface area contributed by atoms with Gasteiger partial charge < -0.3 is 0 Å². The van der Waals surface area contributed by atoms with E-state index >= 15 is 0 Å². The molecule has 0 N–H and O–H groups in total. The standard InChI is InChI=1S/C20H34OSi/c1-11(2)22(12(3)4,13(5)6)20-14(7)17-15-8-9-16(10-15)18(17)19(20)21/h8-9,11-18,20H,10H2,1-7H3/t14-,15-,16+,17+,18-,20+/m0/s1. The largest absolute Gasteiger partial charge is 0.299 e. The Morgan fingerprint density at radius 2 is 1.45 bits per heavy atom. The number of ketones is 1. The number of carbonyl (C=O) groups is 1. The monoisotopic (exact) mass is 318 g/mol. The molecule has 0 unspecified atom stereocenters. The second kappa shape index (κ2) is 5.33. The van der Waals surface area contributed by atoms with E-state index < -0.39 is 8.07 Å². The van der Waals surface area contributed by atoms with Gasteiger partial charge in [0.2, 0.25) is 0 Å². The van der Waals surface area contributed by atoms with Gasteiger partial charge >= 0.3 is 0 Å². The van der Waals surface area contributed by atoms with Gasteiger partial charge in [0.05, 0.1) is 8.07 Å². The molecule has 6 atom stereocenters. The fourth-order valence-electron chi connectivity index (χ4n) is 7.45. The molecule has 2 saturated carbocycles. The molecule has 2 heteroatoms. The maximum atomic E-state index is 13.5. The van der Waals surface area contributed by atoms with Crippen LogP contribution in [0, 0.1) is 29.6 Å². The summed E-state index contributed by atoms with van der Waals surface area (Å²) in [5.74, 6) is 3.60. The van der Waals surface area contributed by atoms with Crippen LogP contribution in [0.15, 0.2) is 12.2 Å². The molecule has 22 heavy (non-hydrogen) atoms. The van der Waals surface area contributed by atoms with E-state index in [1.807, 2.05) is 0 Å². The summed E-state index contributed by atoms with van der Waals surface area (Å²) >= 11 is 0. The van der Waals surface area contributed by atoms with Crippen molar-refractivity contribution in [3.63, 3.8) is 0 Å². The highest BCUT2D eigenvalue weighted by atomic mass is 28.3. The number of Topliss-reactive ketones (excluding diaryl/α,β-unsaturated/α-hetero) is 1. The predicted molar refractivity (Wildman–Crippen MR) is 96.7 cm³/mol. The number of hydrogen-bond acceptors (Lipinski definition) is 1. The van der Waals surface area contributed by atoms with Crippen molar-refractivity contribution in [3.8, 4) is 0 Å². The van der Waals surface area contributed by atoms with Crippen LogP contribution in [0.5, 0.6) is 0 Å². The van der Waals surface area contributed by atoms with E-state index in [-0.39, 0.29) is 0 Å². The van der Waals surface area contributed by atoms with Crippen LogP contribution in [0.2, 0.25) is 22.2 Å². The molecule has 1 nitrogen and oxygen atoms in total. The van der Waals surface area contributed by atoms with Gasteiger partial charge in [0.25, 0.3) is 0 Å². The summed E-state index contributed by atoms with van der Waals surface area (Å²) in [5, 5.41) is 0. The first-order chi connectivity index (χ1) is 10.2. The van der Waals surface area contributed by atoms with E-state index in [2.05, 4.69) is 60.6 Å². The zero-order valence-electron chi connectivity index (χ0n) is 15.5. The minimum atomic E-state index is -1.70. The van der Waals surface area contributed by atoms with Crippen LogP contribution >= 0.6 is 0 Å². The molecule has 0 aromatic carbocycles. The van der Waals surface area contributed by atoms with Crippen molar-refractivity contribution in [2.24, 2.45) is 29.6 Å². The summed E-state index contributed by atoms with van der Waals surface area (Å²) in [7, 11) is -1.70. The number of fused-ring (bicyclic) bond motifs is 5. The first kappa shape index (κ1) is 16.5. The molecule has 3 rings (SSSR count). The van der Waals surface area contributed by atoms with Crippen LogP contribution in [0.3, 0.4) is 0 Å². The fourth-order valence-corrected chi connectivity index (χ4v) is 15.4. The number of allylic oxidation sites excluding steroid dienone is 2. The Kier molecular flexibility index (Phi) is 3.99. The summed E-state index contributed by atoms with van der Waals surface area (Å²) in [6.07, 6.45) is 6.06. The summed E-state index contributed by atoms with van der Waals surface area (Å²) < 4.78 is 0. The SMILES string of the molecule is CC(C)[Si](C(C)C)(C(C)C)[C@H]1C(=O)[C@@H]2[C@H]([C@@H]1C)[C@H]1C=C[C@@H]2C1. The summed E-state index contributed by atoms with van der Waals surface area (Å²) in [4.78, 5) is 13.5. The zero-order chi connectivity index (χ0) is 16.4. The highest BCUT2D eigenvalue weighted by Gasteiger charge is 2.65. The molecule has 0 aromatic rings. The van der Waals surface area contributed by atoms with E-state index in [0.29, 0.717) is 57.5 Å². The van der Waals surface area contributed by atoms with Gasteiger partial charge in [-0.3, -0.25) is 4.79 Å². The lowest BCUT2D eigenvalue weighted by Gasteiger charge is -2.49. The van der Waals surface area contributed by atoms with Crippen molar-refractivity contribution in [1.29, 1.82) is 0 Å². The second-order valence-corrected chi connectivity index (χ2v) is 15.3. The molecular formula is C20H34OSi. The first-order valence-corrected chi connectivity index (χ1v) is 11.8. The Labute approximate surface area is 138 Å². The lowest BCUT2D eigenvalue weighted by atomic mass is 9.82. The van der Waals surface area contributed by atoms with E-state index in [4.69, 9.17) is 0 Å². The molecule has 0 amide bonds. The van der Waals surface area contributed by atoms with E-state index in [9.17, 15) is 4.79 Å². The van der Waals surface area contributed by atoms with Crippen LogP contribution in [0.4, 0.5) is 0 Å². The lowest BCUT2D eigenvalue weighted by Crippen LogP contribution is -2.52. The van der Waals surface area contributed by atoms with Gasteiger partial charge in [-0.25, -0.2) is 0 Å². The van der Waals surface area contributed by atoms with Crippen LogP contribution < -0.4 is 0 Å². The van der Waals surface area contributed by atoms with Crippen LogP contribution in [0.1, 0.15) is 54.9 Å². The van der Waals surface area contributed by atoms with Gasteiger partial charge in [0.1, 0.15) is 5.78 Å². The zero-order valence-corrected chi connectivity index (χ0v) is 16.5. The predicted octanol–water partition coefficient (Wildman–Crippen LogP) is 5.69. The highest BCUT2D eigenvalue weighted by Crippen LogP contribution is 2.65. The van der Waals surface area contributed by atoms with Crippen molar-refractivity contribution in [2.75, 3.05) is 0 Å². The van der Waals surface area contributed by atoms with Crippen LogP contribution in [0.25, 0.3) is 0 Å². The minimum Gasteiger partial charge on any atom is -0.299 e. The average Bonchev–Trinajstić information content (AvgIpc) is 3.07. The van der Waals surface area contributed by atoms with Gasteiger partial charge in [-0.2, -0.15) is 0 Å². The Morgan fingerprint density at radius 3 is 1.91 bits per heavy atom. The molecule has 0 spiro atoms. The Morgan fingerprint density at radius 1 is 0.955 bits per heavy atom. The topological polar surface area (TPSA) is 17.1 Å². The molecule has 0 saturated heterocycles. The summed E-state index contributed by atoms with van der Waals surface area (Å²) in [6, 6.07) is 0. The maximum absolute atomic E-state index is 13.5. The van der Waals surface area contributed by atoms with E-state index in [0.717, 1.165) is 0 Å². The number of carbonyl (C=O) groups excluding carboxylic acids is 1. The summed E-state index contributed by atoms with van der Waals surface area (Å²) in [6.45, 7) is 16.9. The molecule has 3 aliphatic rings. The van der Waals surface area contributed by atoms with Crippen molar-refractivity contribution in [3.05, 3.63) is 12.2 Å². The van der Waals surface area contributed by atoms with Gasteiger partial charge in [-0.05, 0) is 46.7 Å². The first-order valence-electron chi connectivity index (χ1n) is 9.46. The van der Waals surface area contributed by atoms with Crippen molar-refractivity contribution in [2.45, 2.75) is 77.1 Å². The van der Waals surface area contributed by atoms with Gasteiger partial charge in [-0.15, -0.1) is 0 Å². The molecule has 0 aromatic heterocycles. The third-order valence-corrected chi connectivity index (χ3v) is 15.7. The Balaban J connectivity index is 2.05. The minimum absolute atomic E-state index is 0.373. The number of hydrogen-bond donors (Lipinski definition) is 0. The number of rotatable bonds is 4. The Bertz CT molecular complexity index is 468. The lowest BCUT2D eigenvalue weighted by molar-refractivity contribution is -0.121. The molecule has 124 valence electrons. The Hall–Kier alpha value is -0.373. The third kappa shape index (κ3) is 1.85. The quantitative estimate of drug-likeness (QED) is 0.480. The van der Waals surface area contributed by atoms with Crippen LogP contribution in [-0.2, 0) is 4.79 Å². The summed E-state index contributed by atoms with van der Waals surface area (Å²) in [5.41, 5.74) is 2.46.